The second-order valence-corrected chi connectivity index (χ2v) is 5.91. The van der Waals surface area contributed by atoms with Crippen LogP contribution in [-0.4, -0.2) is 30.7 Å². The molecular formula is C19H22N2O3. The van der Waals surface area contributed by atoms with Crippen LogP contribution in [-0.2, 0) is 11.2 Å². The topological polar surface area (TPSA) is 60.5 Å². The van der Waals surface area contributed by atoms with Gasteiger partial charge in [0.15, 0.2) is 0 Å². The summed E-state index contributed by atoms with van der Waals surface area (Å²) in [7, 11) is 0. The largest absolute Gasteiger partial charge is 0.493 e. The lowest BCUT2D eigenvalue weighted by Gasteiger charge is -2.12. The summed E-state index contributed by atoms with van der Waals surface area (Å²) in [6.07, 6.45) is 5.20. The fraction of sp³-hybridized carbons (Fsp3) is 0.368. The number of nitrogens with one attached hydrogen (secondary N) is 1. The smallest absolute Gasteiger partial charge is 0.256 e. The third-order valence-electron chi connectivity index (χ3n) is 4.15. The van der Waals surface area contributed by atoms with Crippen molar-refractivity contribution in [3.8, 4) is 5.75 Å². The number of hydrogen-bond donors (Lipinski definition) is 1. The lowest BCUT2D eigenvalue weighted by molar-refractivity contribution is 0.102. The van der Waals surface area contributed by atoms with Crippen LogP contribution in [0, 0.1) is 5.92 Å². The number of rotatable bonds is 6. The molecule has 1 aliphatic rings. The van der Waals surface area contributed by atoms with Crippen LogP contribution in [0.5, 0.6) is 5.75 Å². The minimum absolute atomic E-state index is 0.119. The van der Waals surface area contributed by atoms with Crippen molar-refractivity contribution in [2.24, 2.45) is 5.92 Å². The Balaban J connectivity index is 1.58. The average Bonchev–Trinajstić information content (AvgIpc) is 3.14. The normalized spacial score (nSPS) is 16.8. The van der Waals surface area contributed by atoms with E-state index in [1.165, 1.54) is 0 Å². The average molecular weight is 326 g/mol. The molecule has 1 aliphatic heterocycles. The highest BCUT2D eigenvalue weighted by atomic mass is 16.5. The van der Waals surface area contributed by atoms with Gasteiger partial charge in [-0.3, -0.25) is 9.78 Å². The van der Waals surface area contributed by atoms with Gasteiger partial charge in [0.1, 0.15) is 5.75 Å². The second kappa shape index (κ2) is 7.93. The molecule has 1 atom stereocenters. The molecule has 5 nitrogen and oxygen atoms in total. The van der Waals surface area contributed by atoms with Crippen molar-refractivity contribution in [3.05, 3.63) is 53.9 Å². The molecule has 126 valence electrons. The first-order valence-electron chi connectivity index (χ1n) is 8.31. The standard InChI is InChI=1S/C19H22N2O3/c1-2-15-11-20-9-7-18(15)19(22)21-16-3-5-17(6-4-16)24-13-14-8-10-23-12-14/h3-7,9,11,14H,2,8,10,12-13H2,1H3,(H,21,22)/t14-/m0/s1. The van der Waals surface area contributed by atoms with Crippen LogP contribution in [0.15, 0.2) is 42.7 Å². The van der Waals surface area contributed by atoms with Gasteiger partial charge in [0.2, 0.25) is 0 Å². The molecule has 1 aromatic heterocycles. The zero-order chi connectivity index (χ0) is 16.8. The number of aromatic nitrogens is 1. The van der Waals surface area contributed by atoms with E-state index >= 15 is 0 Å². The Labute approximate surface area is 142 Å². The van der Waals surface area contributed by atoms with Crippen LogP contribution in [0.25, 0.3) is 0 Å². The van der Waals surface area contributed by atoms with Gasteiger partial charge in [-0.2, -0.15) is 0 Å². The van der Waals surface area contributed by atoms with Gasteiger partial charge in [-0.25, -0.2) is 0 Å². The maximum atomic E-state index is 12.4. The molecule has 2 aromatic rings. The molecule has 1 aromatic carbocycles. The van der Waals surface area contributed by atoms with Gasteiger partial charge < -0.3 is 14.8 Å². The highest BCUT2D eigenvalue weighted by Crippen LogP contribution is 2.20. The number of amides is 1. The van der Waals surface area contributed by atoms with Crippen molar-refractivity contribution < 1.29 is 14.3 Å². The summed E-state index contributed by atoms with van der Waals surface area (Å²) in [6, 6.07) is 9.20. The third kappa shape index (κ3) is 4.11. The van der Waals surface area contributed by atoms with E-state index in [9.17, 15) is 4.79 Å². The van der Waals surface area contributed by atoms with Crippen molar-refractivity contribution in [1.29, 1.82) is 0 Å². The van der Waals surface area contributed by atoms with Gasteiger partial charge in [-0.1, -0.05) is 6.92 Å². The Kier molecular flexibility index (Phi) is 5.43. The molecule has 1 amide bonds. The van der Waals surface area contributed by atoms with Crippen molar-refractivity contribution in [2.75, 3.05) is 25.1 Å². The summed E-state index contributed by atoms with van der Waals surface area (Å²) in [5.74, 6) is 1.16. The van der Waals surface area contributed by atoms with Crippen molar-refractivity contribution in [2.45, 2.75) is 19.8 Å². The number of carbonyl (C=O) groups is 1. The maximum absolute atomic E-state index is 12.4. The number of anilines is 1. The van der Waals surface area contributed by atoms with Gasteiger partial charge in [-0.05, 0) is 48.7 Å². The van der Waals surface area contributed by atoms with Crippen LogP contribution < -0.4 is 10.1 Å². The van der Waals surface area contributed by atoms with Crippen LogP contribution >= 0.6 is 0 Å². The molecule has 0 unspecified atom stereocenters. The summed E-state index contributed by atoms with van der Waals surface area (Å²) >= 11 is 0. The molecule has 1 fully saturated rings. The van der Waals surface area contributed by atoms with Gasteiger partial charge in [-0.15, -0.1) is 0 Å². The summed E-state index contributed by atoms with van der Waals surface area (Å²) in [5, 5.41) is 2.92. The van der Waals surface area contributed by atoms with Crippen LogP contribution in [0.2, 0.25) is 0 Å². The Morgan fingerprint density at radius 2 is 2.17 bits per heavy atom. The lowest BCUT2D eigenvalue weighted by atomic mass is 10.1. The predicted octanol–water partition coefficient (Wildman–Crippen LogP) is 3.31. The number of carbonyl (C=O) groups excluding carboxylic acids is 1. The van der Waals surface area contributed by atoms with E-state index in [2.05, 4.69) is 10.3 Å². The lowest BCUT2D eigenvalue weighted by Crippen LogP contribution is -2.14. The molecule has 5 heteroatoms. The fourth-order valence-corrected chi connectivity index (χ4v) is 2.69. The Hall–Kier alpha value is -2.40. The zero-order valence-electron chi connectivity index (χ0n) is 13.8. The first kappa shape index (κ1) is 16.5. The van der Waals surface area contributed by atoms with E-state index < -0.39 is 0 Å². The number of pyridine rings is 1. The minimum atomic E-state index is -0.119. The first-order chi connectivity index (χ1) is 11.8. The number of nitrogens with zero attached hydrogens (tertiary/aromatic N) is 1. The van der Waals surface area contributed by atoms with Crippen molar-refractivity contribution >= 4 is 11.6 Å². The van der Waals surface area contributed by atoms with Crippen LogP contribution in [0.1, 0.15) is 29.3 Å². The zero-order valence-corrected chi connectivity index (χ0v) is 13.8. The van der Waals surface area contributed by atoms with Crippen LogP contribution in [0.4, 0.5) is 5.69 Å². The Morgan fingerprint density at radius 1 is 1.33 bits per heavy atom. The minimum Gasteiger partial charge on any atom is -0.493 e. The van der Waals surface area contributed by atoms with E-state index in [4.69, 9.17) is 9.47 Å². The fourth-order valence-electron chi connectivity index (χ4n) is 2.69. The Morgan fingerprint density at radius 3 is 2.88 bits per heavy atom. The molecular weight excluding hydrogens is 304 g/mol. The highest BCUT2D eigenvalue weighted by Gasteiger charge is 2.16. The highest BCUT2D eigenvalue weighted by molar-refractivity contribution is 6.05. The molecule has 0 radical (unpaired) electrons. The molecule has 0 bridgehead atoms. The van der Waals surface area contributed by atoms with E-state index in [0.29, 0.717) is 18.1 Å². The number of aryl methyl sites for hydroxylation is 1. The number of ether oxygens (including phenoxy) is 2. The summed E-state index contributed by atoms with van der Waals surface area (Å²) in [6.45, 7) is 4.28. The monoisotopic (exact) mass is 326 g/mol. The predicted molar refractivity (Wildman–Crippen MR) is 92.4 cm³/mol. The Bertz CT molecular complexity index is 679. The number of benzene rings is 1. The van der Waals surface area contributed by atoms with Gasteiger partial charge >= 0.3 is 0 Å². The first-order valence-corrected chi connectivity index (χ1v) is 8.31. The van der Waals surface area contributed by atoms with E-state index in [1.807, 2.05) is 31.2 Å². The summed E-state index contributed by atoms with van der Waals surface area (Å²) in [4.78, 5) is 16.5. The second-order valence-electron chi connectivity index (χ2n) is 5.91. The van der Waals surface area contributed by atoms with Gasteiger partial charge in [0.05, 0.1) is 13.2 Å². The number of hydrogen-bond acceptors (Lipinski definition) is 4. The molecule has 1 saturated heterocycles. The summed E-state index contributed by atoms with van der Waals surface area (Å²) in [5.41, 5.74) is 2.35. The molecule has 3 rings (SSSR count). The third-order valence-corrected chi connectivity index (χ3v) is 4.15. The van der Waals surface area contributed by atoms with Gasteiger partial charge in [0.25, 0.3) is 5.91 Å². The van der Waals surface area contributed by atoms with E-state index in [-0.39, 0.29) is 5.91 Å². The van der Waals surface area contributed by atoms with Crippen molar-refractivity contribution in [1.82, 2.24) is 4.98 Å². The van der Waals surface area contributed by atoms with E-state index in [1.54, 1.807) is 18.5 Å². The molecule has 2 heterocycles. The molecule has 24 heavy (non-hydrogen) atoms. The summed E-state index contributed by atoms with van der Waals surface area (Å²) < 4.78 is 11.1. The van der Waals surface area contributed by atoms with Crippen molar-refractivity contribution in [3.63, 3.8) is 0 Å². The SMILES string of the molecule is CCc1cnccc1C(=O)Nc1ccc(OC[C@H]2CCOC2)cc1. The quantitative estimate of drug-likeness (QED) is 0.885. The molecule has 1 N–H and O–H groups in total. The maximum Gasteiger partial charge on any atom is 0.256 e. The molecule has 0 saturated carbocycles. The van der Waals surface area contributed by atoms with Crippen LogP contribution in [0.3, 0.4) is 0 Å². The molecule has 0 spiro atoms. The van der Waals surface area contributed by atoms with E-state index in [0.717, 1.165) is 43.1 Å². The van der Waals surface area contributed by atoms with Gasteiger partial charge in [0, 0.05) is 36.2 Å². The molecule has 0 aliphatic carbocycles.